The van der Waals surface area contributed by atoms with Crippen LogP contribution in [0.5, 0.6) is 0 Å². The number of hydrogen-bond donors (Lipinski definition) is 2. The van der Waals surface area contributed by atoms with Gasteiger partial charge in [-0.1, -0.05) is 154 Å². The molecule has 10 heteroatoms. The zero-order valence-corrected chi connectivity index (χ0v) is 32.3. The summed E-state index contributed by atoms with van der Waals surface area (Å²) in [5.41, 5.74) is 5.33. The third kappa shape index (κ3) is 36.1. The first-order valence-electron chi connectivity index (χ1n) is 19.8. The van der Waals surface area contributed by atoms with E-state index in [1.165, 1.54) is 83.5 Å². The molecule has 0 radical (unpaired) electrons. The summed E-state index contributed by atoms with van der Waals surface area (Å²) in [6.45, 7) is 3.65. The summed E-state index contributed by atoms with van der Waals surface area (Å²) >= 11 is 0. The van der Waals surface area contributed by atoms with Crippen LogP contribution in [-0.2, 0) is 32.7 Å². The van der Waals surface area contributed by atoms with Crippen molar-refractivity contribution in [1.29, 1.82) is 0 Å². The molecule has 0 saturated heterocycles. The number of hydrogen-bond acceptors (Lipinski definition) is 8. The monoisotopic (exact) mass is 716 g/mol. The Labute approximate surface area is 300 Å². The van der Waals surface area contributed by atoms with Crippen LogP contribution in [0, 0.1) is 0 Å². The Balaban J connectivity index is 4.19. The van der Waals surface area contributed by atoms with Crippen LogP contribution in [0.2, 0.25) is 0 Å². The standard InChI is InChI=1S/C39H74NO8P/c1-3-5-7-9-11-13-15-17-18-20-21-23-25-27-29-31-38(41)45-35-37(36-47-49(43,44)46-34-33-40)48-39(42)32-30-28-26-24-22-19-16-14-12-10-8-6-4-2/h8,10,14,16,37H,3-7,9,11-13,15,17-36,40H2,1-2H3,(H,43,44)/b10-8-,16-14-. The van der Waals surface area contributed by atoms with E-state index in [4.69, 9.17) is 24.3 Å². The number of unbranched alkanes of at least 4 members (excludes halogenated alkanes) is 20. The van der Waals surface area contributed by atoms with Crippen molar-refractivity contribution in [3.05, 3.63) is 24.3 Å². The molecule has 0 aromatic heterocycles. The minimum atomic E-state index is -4.37. The third-order valence-corrected chi connectivity index (χ3v) is 9.31. The fourth-order valence-corrected chi connectivity index (χ4v) is 6.14. The highest BCUT2D eigenvalue weighted by Crippen LogP contribution is 2.43. The Kier molecular flexibility index (Phi) is 35.2. The predicted molar refractivity (Wildman–Crippen MR) is 201 cm³/mol. The molecule has 0 aliphatic carbocycles. The number of ether oxygens (including phenoxy) is 2. The normalized spacial score (nSPS) is 13.6. The largest absolute Gasteiger partial charge is 0.472 e. The lowest BCUT2D eigenvalue weighted by molar-refractivity contribution is -0.161. The van der Waals surface area contributed by atoms with Gasteiger partial charge >= 0.3 is 19.8 Å². The van der Waals surface area contributed by atoms with Gasteiger partial charge in [0.05, 0.1) is 13.2 Å². The first-order chi connectivity index (χ1) is 23.8. The van der Waals surface area contributed by atoms with Gasteiger partial charge in [-0.3, -0.25) is 18.6 Å². The fourth-order valence-electron chi connectivity index (χ4n) is 5.38. The van der Waals surface area contributed by atoms with E-state index in [0.717, 1.165) is 64.2 Å². The van der Waals surface area contributed by atoms with E-state index in [0.29, 0.717) is 6.42 Å². The molecule has 3 N–H and O–H groups in total. The Bertz CT molecular complexity index is 866. The van der Waals surface area contributed by atoms with Crippen molar-refractivity contribution in [2.45, 2.75) is 187 Å². The van der Waals surface area contributed by atoms with Crippen LogP contribution in [-0.4, -0.2) is 49.3 Å². The van der Waals surface area contributed by atoms with Crippen molar-refractivity contribution < 1.29 is 37.6 Å². The second kappa shape index (κ2) is 36.3. The molecular weight excluding hydrogens is 641 g/mol. The van der Waals surface area contributed by atoms with Gasteiger partial charge in [0.1, 0.15) is 6.61 Å². The number of carbonyl (C=O) groups is 2. The van der Waals surface area contributed by atoms with Crippen LogP contribution in [0.3, 0.4) is 0 Å². The first kappa shape index (κ1) is 47.5. The average molecular weight is 716 g/mol. The summed E-state index contributed by atoms with van der Waals surface area (Å²) in [5.74, 6) is -0.841. The van der Waals surface area contributed by atoms with Crippen molar-refractivity contribution in [3.63, 3.8) is 0 Å². The lowest BCUT2D eigenvalue weighted by Crippen LogP contribution is -2.29. The molecule has 0 heterocycles. The zero-order valence-electron chi connectivity index (χ0n) is 31.4. The Morgan fingerprint density at radius 1 is 0.612 bits per heavy atom. The summed E-state index contributed by atoms with van der Waals surface area (Å²) < 4.78 is 32.7. The van der Waals surface area contributed by atoms with Gasteiger partial charge < -0.3 is 20.1 Å². The number of rotatable bonds is 37. The van der Waals surface area contributed by atoms with Crippen molar-refractivity contribution in [2.75, 3.05) is 26.4 Å². The first-order valence-corrected chi connectivity index (χ1v) is 21.3. The highest BCUT2D eigenvalue weighted by atomic mass is 31.2. The lowest BCUT2D eigenvalue weighted by atomic mass is 10.0. The highest BCUT2D eigenvalue weighted by Gasteiger charge is 2.25. The molecule has 0 bridgehead atoms. The number of esters is 2. The van der Waals surface area contributed by atoms with Crippen molar-refractivity contribution in [3.8, 4) is 0 Å². The molecule has 288 valence electrons. The number of carbonyl (C=O) groups excluding carboxylic acids is 2. The van der Waals surface area contributed by atoms with E-state index in [-0.39, 0.29) is 38.6 Å². The molecule has 0 fully saturated rings. The maximum absolute atomic E-state index is 12.5. The van der Waals surface area contributed by atoms with E-state index in [1.54, 1.807) is 0 Å². The van der Waals surface area contributed by atoms with Crippen molar-refractivity contribution in [1.82, 2.24) is 0 Å². The van der Waals surface area contributed by atoms with E-state index < -0.39 is 26.5 Å². The fraction of sp³-hybridized carbons (Fsp3) is 0.846. The van der Waals surface area contributed by atoms with Gasteiger partial charge in [-0.05, 0) is 38.5 Å². The van der Waals surface area contributed by atoms with Crippen LogP contribution in [0.1, 0.15) is 181 Å². The minimum absolute atomic E-state index is 0.0523. The summed E-state index contributed by atoms with van der Waals surface area (Å²) in [5, 5.41) is 0. The molecule has 0 aliphatic rings. The van der Waals surface area contributed by atoms with E-state index in [1.807, 2.05) is 0 Å². The maximum Gasteiger partial charge on any atom is 0.472 e. The number of allylic oxidation sites excluding steroid dienone is 4. The van der Waals surface area contributed by atoms with Crippen LogP contribution < -0.4 is 5.73 Å². The molecule has 9 nitrogen and oxygen atoms in total. The number of phosphoric ester groups is 1. The molecule has 2 unspecified atom stereocenters. The molecule has 0 saturated carbocycles. The van der Waals surface area contributed by atoms with E-state index in [2.05, 4.69) is 38.2 Å². The Hall–Kier alpha value is -1.51. The predicted octanol–water partition coefficient (Wildman–Crippen LogP) is 10.8. The van der Waals surface area contributed by atoms with Gasteiger partial charge in [-0.2, -0.15) is 0 Å². The quantitative estimate of drug-likeness (QED) is 0.0279. The SMILES string of the molecule is CCC/C=C\C/C=C\CCCCCCCC(=O)OC(COC(=O)CCCCCCCCCCCCCCCCC)COP(=O)(O)OCCN. The molecule has 0 aliphatic heterocycles. The summed E-state index contributed by atoms with van der Waals surface area (Å²) in [6, 6.07) is 0. The molecule has 2 atom stereocenters. The molecule has 49 heavy (non-hydrogen) atoms. The minimum Gasteiger partial charge on any atom is -0.462 e. The van der Waals surface area contributed by atoms with Gasteiger partial charge in [-0.25, -0.2) is 4.57 Å². The average Bonchev–Trinajstić information content (AvgIpc) is 3.08. The van der Waals surface area contributed by atoms with Gasteiger partial charge in [0, 0.05) is 19.4 Å². The summed E-state index contributed by atoms with van der Waals surface area (Å²) in [6.07, 6.45) is 36.3. The zero-order chi connectivity index (χ0) is 36.1. The lowest BCUT2D eigenvalue weighted by Gasteiger charge is -2.19. The molecule has 0 aromatic carbocycles. The highest BCUT2D eigenvalue weighted by molar-refractivity contribution is 7.47. The summed E-state index contributed by atoms with van der Waals surface area (Å²) in [4.78, 5) is 34.7. The molecule has 0 amide bonds. The smallest absolute Gasteiger partial charge is 0.462 e. The van der Waals surface area contributed by atoms with Crippen molar-refractivity contribution >= 4 is 19.8 Å². The Morgan fingerprint density at radius 2 is 1.10 bits per heavy atom. The second-order valence-electron chi connectivity index (χ2n) is 13.2. The topological polar surface area (TPSA) is 134 Å². The number of nitrogens with two attached hydrogens (primary N) is 1. The van der Waals surface area contributed by atoms with Gasteiger partial charge in [0.25, 0.3) is 0 Å². The third-order valence-electron chi connectivity index (χ3n) is 8.32. The van der Waals surface area contributed by atoms with Crippen LogP contribution >= 0.6 is 7.82 Å². The molecule has 0 rings (SSSR count). The number of phosphoric acid groups is 1. The Morgan fingerprint density at radius 3 is 1.63 bits per heavy atom. The molecular formula is C39H74NO8P. The summed E-state index contributed by atoms with van der Waals surface area (Å²) in [7, 11) is -4.37. The van der Waals surface area contributed by atoms with Gasteiger partial charge in [0.2, 0.25) is 0 Å². The van der Waals surface area contributed by atoms with E-state index in [9.17, 15) is 19.0 Å². The van der Waals surface area contributed by atoms with Gasteiger partial charge in [0.15, 0.2) is 6.10 Å². The van der Waals surface area contributed by atoms with Gasteiger partial charge in [-0.15, -0.1) is 0 Å². The second-order valence-corrected chi connectivity index (χ2v) is 14.6. The van der Waals surface area contributed by atoms with E-state index >= 15 is 0 Å². The maximum atomic E-state index is 12.5. The van der Waals surface area contributed by atoms with Crippen LogP contribution in [0.15, 0.2) is 24.3 Å². The van der Waals surface area contributed by atoms with Crippen molar-refractivity contribution in [2.24, 2.45) is 5.73 Å². The molecule has 0 aromatic rings. The van der Waals surface area contributed by atoms with Crippen LogP contribution in [0.4, 0.5) is 0 Å². The van der Waals surface area contributed by atoms with Crippen LogP contribution in [0.25, 0.3) is 0 Å². The molecule has 0 spiro atoms.